The predicted molar refractivity (Wildman–Crippen MR) is 229 cm³/mol. The number of halogens is 24. The van der Waals surface area contributed by atoms with E-state index in [1.807, 2.05) is 42.6 Å². The summed E-state index contributed by atoms with van der Waals surface area (Å²) in [4.78, 5) is 12.4. The van der Waals surface area contributed by atoms with Crippen molar-refractivity contribution >= 4 is 33.8 Å². The quantitative estimate of drug-likeness (QED) is 0.0644. The molecule has 0 spiro atoms. The molecular weight excluding hydrogens is 1100 g/mol. The second-order valence-electron chi connectivity index (χ2n) is 17.7. The Labute approximate surface area is 418 Å². The monoisotopic (exact) mass is 1130 g/mol. The summed E-state index contributed by atoms with van der Waals surface area (Å²) in [6.45, 7) is 0.441. The summed E-state index contributed by atoms with van der Waals surface area (Å²) in [5.74, 6) is 0.806. The van der Waals surface area contributed by atoms with Gasteiger partial charge in [0.1, 0.15) is 6.15 Å². The molecule has 0 radical (unpaired) electrons. The number of rotatable bonds is 8. The van der Waals surface area contributed by atoms with Crippen molar-refractivity contribution in [2.75, 3.05) is 0 Å². The first-order valence-corrected chi connectivity index (χ1v) is 22.0. The number of carbonyl (C=O) groups is 1. The van der Waals surface area contributed by atoms with Crippen molar-refractivity contribution in [2.24, 2.45) is 0 Å². The fourth-order valence-corrected chi connectivity index (χ4v) is 9.17. The Bertz CT molecular complexity index is 2640. The van der Waals surface area contributed by atoms with Crippen LogP contribution in [0.15, 0.2) is 128 Å². The minimum Gasteiger partial charge on any atom is -0.287 e. The second-order valence-corrected chi connectivity index (χ2v) is 17.7. The van der Waals surface area contributed by atoms with Gasteiger partial charge in [0.25, 0.3) is 0 Å². The predicted octanol–water partition coefficient (Wildman–Crippen LogP) is 14.7. The van der Waals surface area contributed by atoms with Gasteiger partial charge in [-0.3, -0.25) is 4.79 Å². The van der Waals surface area contributed by atoms with E-state index in [1.54, 1.807) is 0 Å². The van der Waals surface area contributed by atoms with Crippen LogP contribution in [0.5, 0.6) is 0 Å². The number of benzene rings is 5. The van der Waals surface area contributed by atoms with Crippen molar-refractivity contribution in [2.45, 2.75) is 87.6 Å². The summed E-state index contributed by atoms with van der Waals surface area (Å²) in [7, 11) is 0. The highest BCUT2D eigenvalue weighted by Gasteiger charge is 2.47. The van der Waals surface area contributed by atoms with E-state index in [0.29, 0.717) is 12.5 Å². The highest BCUT2D eigenvalue weighted by molar-refractivity contribution is 7.20. The molecule has 0 bridgehead atoms. The number of alkyl halides is 24. The molecule has 7 rings (SSSR count). The van der Waals surface area contributed by atoms with Crippen LogP contribution in [0.2, 0.25) is 0 Å². The van der Waals surface area contributed by atoms with Crippen molar-refractivity contribution < 1.29 is 115 Å². The average molecular weight is 1130 g/mol. The van der Waals surface area contributed by atoms with Gasteiger partial charge in [0.05, 0.1) is 44.5 Å². The minimum atomic E-state index is -6.13. The van der Waals surface area contributed by atoms with Crippen LogP contribution in [0.25, 0.3) is 0 Å². The maximum absolute atomic E-state index is 14.2. The third-order valence-electron chi connectivity index (χ3n) is 12.6. The lowest BCUT2D eigenvalue weighted by Crippen LogP contribution is -2.75. The van der Waals surface area contributed by atoms with Crippen molar-refractivity contribution in [3.8, 4) is 0 Å². The van der Waals surface area contributed by atoms with Crippen LogP contribution in [-0.2, 0) is 56.0 Å². The first-order valence-electron chi connectivity index (χ1n) is 22.0. The van der Waals surface area contributed by atoms with Gasteiger partial charge in [-0.25, -0.2) is 0 Å². The molecule has 0 N–H and O–H groups in total. The number of nitrogens with zero attached hydrogens (tertiary/aromatic N) is 1. The molecule has 0 amide bonds. The number of ketones is 1. The molecule has 0 atom stereocenters. The van der Waals surface area contributed by atoms with Crippen molar-refractivity contribution in [1.82, 2.24) is 0 Å². The lowest BCUT2D eigenvalue weighted by Gasteiger charge is -2.46. The first-order chi connectivity index (χ1) is 35.1. The zero-order valence-electron chi connectivity index (χ0n) is 38.2. The molecule has 1 aliphatic rings. The molecule has 1 fully saturated rings. The fourth-order valence-electron chi connectivity index (χ4n) is 9.17. The third-order valence-corrected chi connectivity index (χ3v) is 12.6. The molecule has 1 aliphatic carbocycles. The number of hydrogen-bond acceptors (Lipinski definition) is 1. The Morgan fingerprint density at radius 3 is 0.896 bits per heavy atom. The van der Waals surface area contributed by atoms with E-state index in [4.69, 9.17) is 0 Å². The fraction of sp³-hybridized carbons (Fsp3) is 0.280. The van der Waals surface area contributed by atoms with E-state index in [0.717, 1.165) is 5.56 Å². The van der Waals surface area contributed by atoms with Gasteiger partial charge in [0.15, 0.2) is 11.9 Å². The zero-order valence-corrected chi connectivity index (χ0v) is 38.2. The van der Waals surface area contributed by atoms with Gasteiger partial charge < -0.3 is 0 Å². The van der Waals surface area contributed by atoms with Gasteiger partial charge in [-0.1, -0.05) is 97.8 Å². The molecule has 1 heterocycles. The van der Waals surface area contributed by atoms with E-state index in [9.17, 15) is 110 Å². The molecule has 0 unspecified atom stereocenters. The highest BCUT2D eigenvalue weighted by Crippen LogP contribution is 2.42. The van der Waals surface area contributed by atoms with Crippen molar-refractivity contribution in [3.63, 3.8) is 0 Å². The Morgan fingerprint density at radius 1 is 0.377 bits per heavy atom. The summed E-state index contributed by atoms with van der Waals surface area (Å²) >= 11 is 0. The molecule has 27 heteroatoms. The molecule has 0 aliphatic heterocycles. The van der Waals surface area contributed by atoms with Crippen LogP contribution < -0.4 is 26.4 Å². The highest BCUT2D eigenvalue weighted by atomic mass is 19.4. The smallest absolute Gasteiger partial charge is 0.287 e. The Balaban J connectivity index is 0.000000397. The van der Waals surface area contributed by atoms with Crippen LogP contribution >= 0.6 is 0 Å². The third kappa shape index (κ3) is 13.7. The minimum absolute atomic E-state index is 0.182. The van der Waals surface area contributed by atoms with Gasteiger partial charge in [0.2, 0.25) is 12.3 Å². The van der Waals surface area contributed by atoms with Gasteiger partial charge in [0, 0.05) is 23.6 Å². The first kappa shape index (κ1) is 59.5. The average Bonchev–Trinajstić information content (AvgIpc) is 3.85. The molecule has 6 aromatic rings. The van der Waals surface area contributed by atoms with E-state index in [1.165, 1.54) is 31.4 Å². The molecule has 77 heavy (non-hydrogen) atoms. The second kappa shape index (κ2) is 20.9. The van der Waals surface area contributed by atoms with Crippen LogP contribution in [0.4, 0.5) is 105 Å². The van der Waals surface area contributed by atoms with Crippen LogP contribution in [0.1, 0.15) is 92.2 Å². The molecule has 1 aromatic heterocycles. The molecule has 0 saturated heterocycles. The lowest BCUT2D eigenvalue weighted by atomic mass is 9.12. The van der Waals surface area contributed by atoms with Crippen molar-refractivity contribution in [1.29, 1.82) is 0 Å². The van der Waals surface area contributed by atoms with Gasteiger partial charge in [-0.05, 0) is 37.1 Å². The summed E-state index contributed by atoms with van der Waals surface area (Å²) in [6, 6.07) is 7.01. The van der Waals surface area contributed by atoms with Gasteiger partial charge >= 0.3 is 49.4 Å². The topological polar surface area (TPSA) is 20.9 Å². The van der Waals surface area contributed by atoms with E-state index >= 15 is 0 Å². The van der Waals surface area contributed by atoms with E-state index in [2.05, 4.69) is 16.7 Å². The van der Waals surface area contributed by atoms with Crippen molar-refractivity contribution in [3.05, 3.63) is 183 Å². The molecular formula is C50H32BF24NO. The molecule has 414 valence electrons. The normalized spacial score (nSPS) is 14.6. The number of pyridine rings is 1. The summed E-state index contributed by atoms with van der Waals surface area (Å²) in [5.41, 5.74) is -28.1. The van der Waals surface area contributed by atoms with Crippen LogP contribution in [0, 0.1) is 0 Å². The van der Waals surface area contributed by atoms with Gasteiger partial charge in [-0.2, -0.15) is 132 Å². The zero-order chi connectivity index (χ0) is 57.7. The Hall–Kier alpha value is -6.70. The van der Waals surface area contributed by atoms with E-state index < -0.39 is 195 Å². The molecule has 1 saturated carbocycles. The Kier molecular flexibility index (Phi) is 16.2. The van der Waals surface area contributed by atoms with Gasteiger partial charge in [-0.15, -0.1) is 0 Å². The summed E-state index contributed by atoms with van der Waals surface area (Å²) < 4.78 is 343. The molecule has 2 nitrogen and oxygen atoms in total. The molecule has 5 aromatic carbocycles. The van der Waals surface area contributed by atoms with Crippen LogP contribution in [-0.4, -0.2) is 11.9 Å². The lowest BCUT2D eigenvalue weighted by molar-refractivity contribution is -0.692. The SMILES string of the molecule is FC(F)(F)c1cc([B-](c2cc(C(F)(F)F)cc(C(F)(F)F)c2)(c2cc(C(F)(F)F)cc(C(F)(F)F)c2)c2cc(C(F)(F)F)cc(C(F)(F)F)c2)cc(C(F)(F)F)c1.O=C(C[n+]1ccccc1C1CCCC1)c1ccccc1. The standard InChI is InChI=1S/C32H12BF24.C18H20NO/c34-25(35,36)13-1-14(26(37,38)39)6-21(5-13)33(22-7-15(27(40,41)42)2-16(8-22)28(43,44)45,23-9-17(29(46,47)48)3-18(10-23)30(49,50)51)24-11-19(31(52,53)54)4-20(12-24)32(55,56)57;20-18(16-10-2-1-3-11-16)14-19-13-7-6-12-17(19)15-8-4-5-9-15/h1-12H;1-3,6-7,10-13,15H,4-5,8-9,14H2/q-1;+1. The maximum Gasteiger partial charge on any atom is 0.416 e. The Morgan fingerprint density at radius 2 is 0.636 bits per heavy atom. The number of Topliss-reactive ketones (excluding diaryl/α,β-unsaturated/α-hetero) is 1. The summed E-state index contributed by atoms with van der Waals surface area (Å²) in [6.07, 6.45) is -47.6. The largest absolute Gasteiger partial charge is 0.416 e. The maximum atomic E-state index is 14.2. The number of aromatic nitrogens is 1. The number of carbonyl (C=O) groups excluding carboxylic acids is 1. The summed E-state index contributed by atoms with van der Waals surface area (Å²) in [5, 5.41) is 0. The van der Waals surface area contributed by atoms with E-state index in [-0.39, 0.29) is 5.78 Å². The number of hydrogen-bond donors (Lipinski definition) is 0. The van der Waals surface area contributed by atoms with Crippen LogP contribution in [0.3, 0.4) is 0 Å².